The third-order valence-corrected chi connectivity index (χ3v) is 4.51. The van der Waals surface area contributed by atoms with E-state index in [0.717, 1.165) is 37.5 Å². The van der Waals surface area contributed by atoms with Crippen molar-refractivity contribution >= 4 is 17.3 Å². The van der Waals surface area contributed by atoms with Crippen molar-refractivity contribution in [2.75, 3.05) is 23.5 Å². The molecule has 0 bridgehead atoms. The van der Waals surface area contributed by atoms with Gasteiger partial charge < -0.3 is 19.5 Å². The number of ether oxygens (including phenoxy) is 1. The zero-order valence-electron chi connectivity index (χ0n) is 11.9. The molecule has 1 aliphatic heterocycles. The number of nitrogens with zero attached hydrogens (tertiary/aromatic N) is 4. The lowest BCUT2D eigenvalue weighted by molar-refractivity contribution is -0.00890. The number of rotatable bonds is 2. The summed E-state index contributed by atoms with van der Waals surface area (Å²) < 4.78 is 7.91. The highest BCUT2D eigenvalue weighted by molar-refractivity contribution is 5.67. The highest BCUT2D eigenvalue weighted by Gasteiger charge is 2.36. The van der Waals surface area contributed by atoms with Crippen LogP contribution in [0.4, 0.5) is 11.6 Å². The topological polar surface area (TPSA) is 80.7 Å². The van der Waals surface area contributed by atoms with Crippen LogP contribution in [-0.2, 0) is 4.74 Å². The number of hydrazine groups is 1. The predicted octanol–water partition coefficient (Wildman–Crippen LogP) is 1.16. The number of nitrogens with two attached hydrogens (primary N) is 1. The first kappa shape index (κ1) is 12.8. The van der Waals surface area contributed by atoms with Crippen LogP contribution >= 0.6 is 0 Å². The maximum absolute atomic E-state index is 5.95. The summed E-state index contributed by atoms with van der Waals surface area (Å²) in [5.74, 6) is 7.10. The van der Waals surface area contributed by atoms with Crippen LogP contribution in [0, 0.1) is 0 Å². The Kier molecular flexibility index (Phi) is 3.16. The average molecular weight is 288 g/mol. The third-order valence-electron chi connectivity index (χ3n) is 4.51. The smallest absolute Gasteiger partial charge is 0.180 e. The molecule has 3 heterocycles. The molecule has 21 heavy (non-hydrogen) atoms. The Morgan fingerprint density at radius 2 is 2.24 bits per heavy atom. The molecule has 0 aromatic carbocycles. The lowest BCUT2D eigenvalue weighted by Crippen LogP contribution is -2.53. The van der Waals surface area contributed by atoms with E-state index in [0.29, 0.717) is 18.0 Å². The van der Waals surface area contributed by atoms with E-state index in [2.05, 4.69) is 20.3 Å². The number of hydrogen-bond acceptors (Lipinski definition) is 6. The van der Waals surface area contributed by atoms with E-state index in [1.807, 2.05) is 16.8 Å². The molecule has 4 rings (SSSR count). The third kappa shape index (κ3) is 2.13. The molecule has 7 nitrogen and oxygen atoms in total. The SMILES string of the molecule is NNc1cn2ccnc2c(N2CCOC3CCCCC32)n1. The zero-order valence-corrected chi connectivity index (χ0v) is 11.9. The molecule has 0 amide bonds. The van der Waals surface area contributed by atoms with E-state index in [1.165, 1.54) is 12.8 Å². The summed E-state index contributed by atoms with van der Waals surface area (Å²) in [5, 5.41) is 0. The first-order valence-corrected chi connectivity index (χ1v) is 7.55. The van der Waals surface area contributed by atoms with Gasteiger partial charge in [0.05, 0.1) is 24.9 Å². The second kappa shape index (κ2) is 5.16. The molecule has 1 saturated heterocycles. The summed E-state index contributed by atoms with van der Waals surface area (Å²) in [7, 11) is 0. The van der Waals surface area contributed by atoms with E-state index in [9.17, 15) is 0 Å². The van der Waals surface area contributed by atoms with Gasteiger partial charge in [-0.3, -0.25) is 0 Å². The monoisotopic (exact) mass is 288 g/mol. The second-order valence-electron chi connectivity index (χ2n) is 5.71. The van der Waals surface area contributed by atoms with Crippen molar-refractivity contribution in [3.05, 3.63) is 18.6 Å². The van der Waals surface area contributed by atoms with Crippen LogP contribution in [-0.4, -0.2) is 39.7 Å². The van der Waals surface area contributed by atoms with Gasteiger partial charge in [0.25, 0.3) is 0 Å². The predicted molar refractivity (Wildman–Crippen MR) is 80.1 cm³/mol. The molecule has 3 N–H and O–H groups in total. The van der Waals surface area contributed by atoms with Crippen LogP contribution < -0.4 is 16.2 Å². The summed E-state index contributed by atoms with van der Waals surface area (Å²) in [6, 6.07) is 0.397. The molecule has 2 aromatic rings. The second-order valence-corrected chi connectivity index (χ2v) is 5.71. The van der Waals surface area contributed by atoms with E-state index < -0.39 is 0 Å². The van der Waals surface area contributed by atoms with Gasteiger partial charge in [-0.2, -0.15) is 0 Å². The number of morpholine rings is 1. The van der Waals surface area contributed by atoms with Crippen molar-refractivity contribution in [3.63, 3.8) is 0 Å². The Morgan fingerprint density at radius 3 is 3.14 bits per heavy atom. The lowest BCUT2D eigenvalue weighted by Gasteiger charge is -2.44. The molecule has 2 aromatic heterocycles. The molecular weight excluding hydrogens is 268 g/mol. The minimum absolute atomic E-state index is 0.318. The van der Waals surface area contributed by atoms with Gasteiger partial charge in [-0.1, -0.05) is 12.8 Å². The maximum Gasteiger partial charge on any atom is 0.180 e. The molecule has 2 fully saturated rings. The summed E-state index contributed by atoms with van der Waals surface area (Å²) >= 11 is 0. The van der Waals surface area contributed by atoms with Crippen LogP contribution in [0.3, 0.4) is 0 Å². The standard InChI is InChI=1S/C14H20N6O/c15-18-12-9-19-6-5-16-13(19)14(17-12)20-7-8-21-11-4-2-1-3-10(11)20/h5-6,9-11,18H,1-4,7-8,15H2. The highest BCUT2D eigenvalue weighted by atomic mass is 16.5. The molecule has 1 aliphatic carbocycles. The number of nitrogen functional groups attached to an aromatic ring is 1. The quantitative estimate of drug-likeness (QED) is 0.637. The number of aromatic nitrogens is 3. The number of hydrogen-bond donors (Lipinski definition) is 2. The fourth-order valence-electron chi connectivity index (χ4n) is 3.54. The number of fused-ring (bicyclic) bond motifs is 2. The van der Waals surface area contributed by atoms with Crippen molar-refractivity contribution in [1.82, 2.24) is 14.4 Å². The minimum Gasteiger partial charge on any atom is -0.374 e. The van der Waals surface area contributed by atoms with Crippen LogP contribution in [0.15, 0.2) is 18.6 Å². The molecule has 2 atom stereocenters. The largest absolute Gasteiger partial charge is 0.374 e. The molecule has 2 unspecified atom stereocenters. The molecule has 1 saturated carbocycles. The van der Waals surface area contributed by atoms with Gasteiger partial charge >= 0.3 is 0 Å². The zero-order chi connectivity index (χ0) is 14.2. The molecular formula is C14H20N6O. The Hall–Kier alpha value is -1.86. The fourth-order valence-corrected chi connectivity index (χ4v) is 3.54. The molecule has 2 aliphatic rings. The number of nitrogens with one attached hydrogen (secondary N) is 1. The van der Waals surface area contributed by atoms with Crippen molar-refractivity contribution in [2.45, 2.75) is 37.8 Å². The summed E-state index contributed by atoms with van der Waals surface area (Å²) in [6.07, 6.45) is 10.7. The van der Waals surface area contributed by atoms with Gasteiger partial charge in [-0.15, -0.1) is 0 Å². The van der Waals surface area contributed by atoms with E-state index in [4.69, 9.17) is 10.6 Å². The Labute approximate surface area is 123 Å². The average Bonchev–Trinajstić information content (AvgIpc) is 3.02. The maximum atomic E-state index is 5.95. The Bertz CT molecular complexity index is 639. The molecule has 7 heteroatoms. The molecule has 0 radical (unpaired) electrons. The highest BCUT2D eigenvalue weighted by Crippen LogP contribution is 2.33. The van der Waals surface area contributed by atoms with Gasteiger partial charge in [0, 0.05) is 18.9 Å². The van der Waals surface area contributed by atoms with Gasteiger partial charge in [-0.25, -0.2) is 15.8 Å². The van der Waals surface area contributed by atoms with Crippen molar-refractivity contribution in [1.29, 1.82) is 0 Å². The van der Waals surface area contributed by atoms with Gasteiger partial charge in [0.2, 0.25) is 0 Å². The first-order valence-electron chi connectivity index (χ1n) is 7.55. The summed E-state index contributed by atoms with van der Waals surface area (Å²) in [6.45, 7) is 1.60. The van der Waals surface area contributed by atoms with E-state index >= 15 is 0 Å². The van der Waals surface area contributed by atoms with Crippen molar-refractivity contribution in [3.8, 4) is 0 Å². The van der Waals surface area contributed by atoms with Crippen LogP contribution in [0.2, 0.25) is 0 Å². The van der Waals surface area contributed by atoms with Gasteiger partial charge in [-0.05, 0) is 12.8 Å². The van der Waals surface area contributed by atoms with Gasteiger partial charge in [0.15, 0.2) is 17.3 Å². The van der Waals surface area contributed by atoms with Gasteiger partial charge in [0.1, 0.15) is 0 Å². The summed E-state index contributed by atoms with van der Waals surface area (Å²) in [5.41, 5.74) is 3.52. The van der Waals surface area contributed by atoms with Crippen molar-refractivity contribution < 1.29 is 4.74 Å². The minimum atomic E-state index is 0.318. The normalized spacial score (nSPS) is 25.9. The molecule has 112 valence electrons. The van der Waals surface area contributed by atoms with Crippen molar-refractivity contribution in [2.24, 2.45) is 5.84 Å². The molecule has 0 spiro atoms. The number of imidazole rings is 1. The van der Waals surface area contributed by atoms with Crippen LogP contribution in [0.1, 0.15) is 25.7 Å². The Balaban J connectivity index is 1.78. The van der Waals surface area contributed by atoms with Crippen LogP contribution in [0.25, 0.3) is 5.65 Å². The summed E-state index contributed by atoms with van der Waals surface area (Å²) in [4.78, 5) is 11.5. The van der Waals surface area contributed by atoms with E-state index in [-0.39, 0.29) is 0 Å². The fraction of sp³-hybridized carbons (Fsp3) is 0.571. The van der Waals surface area contributed by atoms with Crippen LogP contribution in [0.5, 0.6) is 0 Å². The van der Waals surface area contributed by atoms with E-state index in [1.54, 1.807) is 6.20 Å². The Morgan fingerprint density at radius 1 is 1.33 bits per heavy atom. The number of anilines is 2. The lowest BCUT2D eigenvalue weighted by atomic mass is 9.90. The first-order chi connectivity index (χ1) is 10.4.